The summed E-state index contributed by atoms with van der Waals surface area (Å²) in [5.74, 6) is 2.47. The van der Waals surface area contributed by atoms with Gasteiger partial charge in [-0.1, -0.05) is 11.2 Å². The lowest BCUT2D eigenvalue weighted by Crippen LogP contribution is -2.09. The van der Waals surface area contributed by atoms with Crippen LogP contribution in [0.3, 0.4) is 0 Å². The Balaban J connectivity index is 0.000000853. The van der Waals surface area contributed by atoms with E-state index in [9.17, 15) is 0 Å². The summed E-state index contributed by atoms with van der Waals surface area (Å²) in [6, 6.07) is 2.03. The predicted molar refractivity (Wildman–Crippen MR) is 60.9 cm³/mol. The zero-order chi connectivity index (χ0) is 9.54. The van der Waals surface area contributed by atoms with Crippen LogP contribution in [0.4, 0.5) is 0 Å². The molecule has 0 radical (unpaired) electrons. The molecule has 0 spiro atoms. The molecular weight excluding hydrogens is 212 g/mol. The number of hydrogen-bond donors (Lipinski definition) is 1. The van der Waals surface area contributed by atoms with E-state index in [4.69, 9.17) is 4.52 Å². The number of aryl methyl sites for hydroxylation is 1. The molecule has 1 saturated heterocycles. The van der Waals surface area contributed by atoms with Gasteiger partial charge in [-0.05, 0) is 37.3 Å². The Morgan fingerprint density at radius 1 is 1.47 bits per heavy atom. The van der Waals surface area contributed by atoms with E-state index < -0.39 is 0 Å². The van der Waals surface area contributed by atoms with Gasteiger partial charge in [0.2, 0.25) is 0 Å². The second-order valence-corrected chi connectivity index (χ2v) is 4.31. The van der Waals surface area contributed by atoms with Crippen LogP contribution in [0.15, 0.2) is 16.7 Å². The SMILES string of the molecule is Cc1cc(C2=CC3CNCC3C2)on1.Cl. The van der Waals surface area contributed by atoms with Gasteiger partial charge in [-0.25, -0.2) is 0 Å². The zero-order valence-corrected chi connectivity index (χ0v) is 9.51. The highest BCUT2D eigenvalue weighted by molar-refractivity contribution is 5.85. The van der Waals surface area contributed by atoms with Crippen LogP contribution in [0.5, 0.6) is 0 Å². The maximum Gasteiger partial charge on any atom is 0.162 e. The van der Waals surface area contributed by atoms with Gasteiger partial charge in [-0.2, -0.15) is 0 Å². The van der Waals surface area contributed by atoms with E-state index in [1.165, 1.54) is 5.57 Å². The summed E-state index contributed by atoms with van der Waals surface area (Å²) in [7, 11) is 0. The predicted octanol–water partition coefficient (Wildman–Crippen LogP) is 2.03. The number of rotatable bonds is 1. The van der Waals surface area contributed by atoms with Gasteiger partial charge < -0.3 is 9.84 Å². The lowest BCUT2D eigenvalue weighted by molar-refractivity contribution is 0.403. The van der Waals surface area contributed by atoms with Gasteiger partial charge in [-0.3, -0.25) is 0 Å². The quantitative estimate of drug-likeness (QED) is 0.796. The fourth-order valence-electron chi connectivity index (χ4n) is 2.48. The van der Waals surface area contributed by atoms with Crippen molar-refractivity contribution in [2.24, 2.45) is 11.8 Å². The van der Waals surface area contributed by atoms with Crippen molar-refractivity contribution in [3.8, 4) is 0 Å². The summed E-state index contributed by atoms with van der Waals surface area (Å²) in [5.41, 5.74) is 2.32. The van der Waals surface area contributed by atoms with E-state index >= 15 is 0 Å². The van der Waals surface area contributed by atoms with Gasteiger partial charge in [0.15, 0.2) is 5.76 Å². The van der Waals surface area contributed by atoms with Crippen molar-refractivity contribution in [3.63, 3.8) is 0 Å². The number of aromatic nitrogens is 1. The molecule has 82 valence electrons. The number of fused-ring (bicyclic) bond motifs is 1. The first-order valence-corrected chi connectivity index (χ1v) is 5.18. The lowest BCUT2D eigenvalue weighted by atomic mass is 9.99. The molecule has 2 heterocycles. The average molecular weight is 227 g/mol. The Morgan fingerprint density at radius 3 is 3.00 bits per heavy atom. The molecule has 2 atom stereocenters. The van der Waals surface area contributed by atoms with Gasteiger partial charge >= 0.3 is 0 Å². The van der Waals surface area contributed by atoms with Crippen LogP contribution in [-0.2, 0) is 0 Å². The van der Waals surface area contributed by atoms with Crippen LogP contribution in [0.2, 0.25) is 0 Å². The largest absolute Gasteiger partial charge is 0.356 e. The highest BCUT2D eigenvalue weighted by Gasteiger charge is 2.32. The van der Waals surface area contributed by atoms with Crippen LogP contribution in [-0.4, -0.2) is 18.2 Å². The van der Waals surface area contributed by atoms with Gasteiger partial charge in [0.05, 0.1) is 5.69 Å². The molecule has 1 N–H and O–H groups in total. The first kappa shape index (κ1) is 10.7. The van der Waals surface area contributed by atoms with Crippen LogP contribution in [0.25, 0.3) is 5.57 Å². The topological polar surface area (TPSA) is 38.1 Å². The molecule has 15 heavy (non-hydrogen) atoms. The molecule has 3 rings (SSSR count). The van der Waals surface area contributed by atoms with Crippen molar-refractivity contribution in [1.29, 1.82) is 0 Å². The maximum atomic E-state index is 5.27. The molecule has 2 aliphatic rings. The molecule has 0 saturated carbocycles. The second kappa shape index (κ2) is 3.99. The Bertz CT molecular complexity index is 386. The van der Waals surface area contributed by atoms with Crippen molar-refractivity contribution in [1.82, 2.24) is 10.5 Å². The minimum absolute atomic E-state index is 0. The molecule has 1 aromatic rings. The molecule has 1 aliphatic heterocycles. The van der Waals surface area contributed by atoms with E-state index in [0.29, 0.717) is 0 Å². The molecule has 1 aliphatic carbocycles. The van der Waals surface area contributed by atoms with E-state index in [-0.39, 0.29) is 12.4 Å². The summed E-state index contributed by atoms with van der Waals surface area (Å²) >= 11 is 0. The average Bonchev–Trinajstić information content (AvgIpc) is 2.75. The first-order valence-electron chi connectivity index (χ1n) is 5.18. The summed E-state index contributed by atoms with van der Waals surface area (Å²) in [5, 5.41) is 7.33. The van der Waals surface area contributed by atoms with Crippen LogP contribution in [0, 0.1) is 18.8 Å². The number of halogens is 1. The number of allylic oxidation sites excluding steroid dienone is 1. The summed E-state index contributed by atoms with van der Waals surface area (Å²) in [6.45, 7) is 4.24. The lowest BCUT2D eigenvalue weighted by Gasteiger charge is -2.04. The van der Waals surface area contributed by atoms with Crippen LogP contribution < -0.4 is 5.32 Å². The smallest absolute Gasteiger partial charge is 0.162 e. The fraction of sp³-hybridized carbons (Fsp3) is 0.545. The van der Waals surface area contributed by atoms with Crippen molar-refractivity contribution in [3.05, 3.63) is 23.6 Å². The molecule has 4 heteroatoms. The summed E-state index contributed by atoms with van der Waals surface area (Å²) in [4.78, 5) is 0. The third-order valence-electron chi connectivity index (χ3n) is 3.23. The van der Waals surface area contributed by atoms with Crippen molar-refractivity contribution >= 4 is 18.0 Å². The van der Waals surface area contributed by atoms with Gasteiger partial charge in [0.1, 0.15) is 0 Å². The van der Waals surface area contributed by atoms with Crippen LogP contribution in [0.1, 0.15) is 17.9 Å². The maximum absolute atomic E-state index is 5.27. The number of hydrogen-bond acceptors (Lipinski definition) is 3. The molecule has 0 bridgehead atoms. The number of nitrogens with zero attached hydrogens (tertiary/aromatic N) is 1. The molecular formula is C11H15ClN2O. The molecule has 0 amide bonds. The Labute approximate surface area is 95.3 Å². The van der Waals surface area contributed by atoms with Gasteiger partial charge in [-0.15, -0.1) is 12.4 Å². The first-order chi connectivity index (χ1) is 6.83. The third-order valence-corrected chi connectivity index (χ3v) is 3.23. The Kier molecular flexibility index (Phi) is 2.85. The fourth-order valence-corrected chi connectivity index (χ4v) is 2.48. The highest BCUT2D eigenvalue weighted by atomic mass is 35.5. The minimum atomic E-state index is 0. The van der Waals surface area contributed by atoms with Crippen molar-refractivity contribution < 1.29 is 4.52 Å². The summed E-state index contributed by atoms with van der Waals surface area (Å²) in [6.07, 6.45) is 3.50. The second-order valence-electron chi connectivity index (χ2n) is 4.31. The molecule has 2 unspecified atom stereocenters. The normalized spacial score (nSPS) is 28.5. The standard InChI is InChI=1S/C11H14N2O.ClH/c1-7-2-11(14-13-7)8-3-9-5-12-6-10(9)4-8;/h2-3,9-10,12H,4-6H2,1H3;1H. The van der Waals surface area contributed by atoms with E-state index in [0.717, 1.165) is 42.8 Å². The van der Waals surface area contributed by atoms with E-state index in [2.05, 4.69) is 16.5 Å². The zero-order valence-electron chi connectivity index (χ0n) is 8.69. The molecule has 3 nitrogen and oxygen atoms in total. The van der Waals surface area contributed by atoms with E-state index in [1.54, 1.807) is 0 Å². The highest BCUT2D eigenvalue weighted by Crippen LogP contribution is 2.38. The van der Waals surface area contributed by atoms with Crippen LogP contribution >= 0.6 is 12.4 Å². The monoisotopic (exact) mass is 226 g/mol. The molecule has 0 aromatic carbocycles. The third kappa shape index (κ3) is 1.82. The minimum Gasteiger partial charge on any atom is -0.356 e. The van der Waals surface area contributed by atoms with Crippen molar-refractivity contribution in [2.45, 2.75) is 13.3 Å². The summed E-state index contributed by atoms with van der Waals surface area (Å²) < 4.78 is 5.27. The Hall–Kier alpha value is -0.800. The van der Waals surface area contributed by atoms with E-state index in [1.807, 2.05) is 13.0 Å². The van der Waals surface area contributed by atoms with Crippen molar-refractivity contribution in [2.75, 3.05) is 13.1 Å². The van der Waals surface area contributed by atoms with Gasteiger partial charge in [0, 0.05) is 12.6 Å². The molecule has 1 aromatic heterocycles. The van der Waals surface area contributed by atoms with Gasteiger partial charge in [0.25, 0.3) is 0 Å². The molecule has 1 fully saturated rings. The Morgan fingerprint density at radius 2 is 2.33 bits per heavy atom. The number of nitrogens with one attached hydrogen (secondary N) is 1.